The van der Waals surface area contributed by atoms with Crippen molar-refractivity contribution in [2.75, 3.05) is 31.1 Å². The van der Waals surface area contributed by atoms with E-state index in [1.165, 1.54) is 16.1 Å². The van der Waals surface area contributed by atoms with E-state index in [-0.39, 0.29) is 5.91 Å². The molecular formula is C18H23N3OS. The van der Waals surface area contributed by atoms with Crippen molar-refractivity contribution in [1.29, 1.82) is 0 Å². The molecule has 0 aromatic carbocycles. The molecule has 0 aliphatic carbocycles. The average Bonchev–Trinajstić information content (AvgIpc) is 2.92. The van der Waals surface area contributed by atoms with Gasteiger partial charge in [-0.25, -0.2) is 0 Å². The fourth-order valence-electron chi connectivity index (χ4n) is 3.04. The molecule has 1 saturated heterocycles. The van der Waals surface area contributed by atoms with E-state index in [1.54, 1.807) is 11.3 Å². The van der Waals surface area contributed by atoms with Gasteiger partial charge in [0.15, 0.2) is 0 Å². The van der Waals surface area contributed by atoms with Gasteiger partial charge in [-0.1, -0.05) is 6.92 Å². The summed E-state index contributed by atoms with van der Waals surface area (Å²) in [5, 5.41) is 2.00. The maximum Gasteiger partial charge on any atom is 0.254 e. The summed E-state index contributed by atoms with van der Waals surface area (Å²) in [6.45, 7) is 7.68. The summed E-state index contributed by atoms with van der Waals surface area (Å²) < 4.78 is 0. The van der Waals surface area contributed by atoms with Crippen LogP contribution < -0.4 is 4.90 Å². The Bertz CT molecular complexity index is 682. The van der Waals surface area contributed by atoms with Crippen LogP contribution in [-0.2, 0) is 6.42 Å². The Kier molecular flexibility index (Phi) is 4.96. The molecule has 1 aliphatic heterocycles. The lowest BCUT2D eigenvalue weighted by Gasteiger charge is -2.24. The van der Waals surface area contributed by atoms with Gasteiger partial charge in [-0.3, -0.25) is 9.78 Å². The number of carbonyl (C=O) groups excluding carboxylic acids is 1. The van der Waals surface area contributed by atoms with Gasteiger partial charge in [-0.05, 0) is 37.5 Å². The summed E-state index contributed by atoms with van der Waals surface area (Å²) >= 11 is 1.68. The van der Waals surface area contributed by atoms with Crippen LogP contribution in [0.4, 0.5) is 5.69 Å². The van der Waals surface area contributed by atoms with Gasteiger partial charge in [0.05, 0.1) is 5.56 Å². The summed E-state index contributed by atoms with van der Waals surface area (Å²) in [5.74, 6) is 0.175. The van der Waals surface area contributed by atoms with Crippen molar-refractivity contribution in [3.8, 4) is 0 Å². The highest BCUT2D eigenvalue weighted by molar-refractivity contribution is 7.10. The van der Waals surface area contributed by atoms with E-state index in [2.05, 4.69) is 29.8 Å². The van der Waals surface area contributed by atoms with Crippen LogP contribution in [0.25, 0.3) is 0 Å². The third-order valence-corrected chi connectivity index (χ3v) is 5.44. The zero-order valence-electron chi connectivity index (χ0n) is 13.8. The molecule has 0 spiro atoms. The highest BCUT2D eigenvalue weighted by Crippen LogP contribution is 2.21. The molecule has 5 heteroatoms. The van der Waals surface area contributed by atoms with Crippen molar-refractivity contribution < 1.29 is 4.79 Å². The molecule has 23 heavy (non-hydrogen) atoms. The van der Waals surface area contributed by atoms with E-state index >= 15 is 0 Å². The van der Waals surface area contributed by atoms with Crippen LogP contribution in [0.2, 0.25) is 0 Å². The van der Waals surface area contributed by atoms with Crippen molar-refractivity contribution in [3.05, 3.63) is 45.9 Å². The quantitative estimate of drug-likeness (QED) is 0.866. The van der Waals surface area contributed by atoms with Crippen molar-refractivity contribution in [1.82, 2.24) is 9.88 Å². The van der Waals surface area contributed by atoms with Crippen LogP contribution in [0.1, 0.15) is 34.1 Å². The van der Waals surface area contributed by atoms with Gasteiger partial charge >= 0.3 is 0 Å². The van der Waals surface area contributed by atoms with Crippen LogP contribution in [0.15, 0.2) is 29.9 Å². The molecule has 1 fully saturated rings. The Morgan fingerprint density at radius 2 is 2.17 bits per heavy atom. The first-order valence-corrected chi connectivity index (χ1v) is 9.09. The van der Waals surface area contributed by atoms with Crippen LogP contribution in [0.3, 0.4) is 0 Å². The first kappa shape index (κ1) is 16.0. The number of aromatic nitrogens is 1. The van der Waals surface area contributed by atoms with Crippen LogP contribution in [-0.4, -0.2) is 42.0 Å². The van der Waals surface area contributed by atoms with Crippen molar-refractivity contribution in [3.63, 3.8) is 0 Å². The Labute approximate surface area is 141 Å². The Morgan fingerprint density at radius 1 is 1.30 bits per heavy atom. The largest absolute Gasteiger partial charge is 0.369 e. The van der Waals surface area contributed by atoms with Gasteiger partial charge in [0, 0.05) is 54.5 Å². The molecule has 1 amide bonds. The third kappa shape index (κ3) is 3.55. The minimum Gasteiger partial charge on any atom is -0.369 e. The number of amides is 1. The molecular weight excluding hydrogens is 306 g/mol. The van der Waals surface area contributed by atoms with E-state index in [0.29, 0.717) is 0 Å². The Morgan fingerprint density at radius 3 is 2.91 bits per heavy atom. The summed E-state index contributed by atoms with van der Waals surface area (Å²) in [4.78, 5) is 22.5. The first-order valence-electron chi connectivity index (χ1n) is 8.21. The van der Waals surface area contributed by atoms with Gasteiger partial charge in [-0.15, -0.1) is 11.3 Å². The minimum absolute atomic E-state index is 0.175. The number of hydrogen-bond donors (Lipinski definition) is 0. The lowest BCUT2D eigenvalue weighted by Crippen LogP contribution is -2.35. The second kappa shape index (κ2) is 7.13. The lowest BCUT2D eigenvalue weighted by molar-refractivity contribution is 0.0767. The molecule has 4 nitrogen and oxygen atoms in total. The van der Waals surface area contributed by atoms with Crippen molar-refractivity contribution in [2.24, 2.45) is 0 Å². The molecule has 122 valence electrons. The molecule has 1 aliphatic rings. The highest BCUT2D eigenvalue weighted by atomic mass is 32.1. The number of nitrogens with zero attached hydrogens (tertiary/aromatic N) is 3. The second-order valence-electron chi connectivity index (χ2n) is 5.95. The fraction of sp³-hybridized carbons (Fsp3) is 0.444. The van der Waals surface area contributed by atoms with Crippen molar-refractivity contribution in [2.45, 2.75) is 26.7 Å². The van der Waals surface area contributed by atoms with Crippen LogP contribution >= 0.6 is 11.3 Å². The summed E-state index contributed by atoms with van der Waals surface area (Å²) in [6.07, 6.45) is 5.74. The fourth-order valence-corrected chi connectivity index (χ4v) is 3.85. The SMILES string of the molecule is CCc1cc(C(=O)N2CCCN(c3ccncc3C)CC2)cs1. The van der Waals surface area contributed by atoms with Gasteiger partial charge in [0.2, 0.25) is 0 Å². The van der Waals surface area contributed by atoms with Crippen molar-refractivity contribution >= 4 is 22.9 Å². The van der Waals surface area contributed by atoms with Crippen LogP contribution in [0, 0.1) is 6.92 Å². The number of rotatable bonds is 3. The molecule has 2 aromatic heterocycles. The molecule has 0 N–H and O–H groups in total. The Balaban J connectivity index is 1.68. The molecule has 3 rings (SSSR count). The number of anilines is 1. The van der Waals surface area contributed by atoms with Gasteiger partial charge in [-0.2, -0.15) is 0 Å². The van der Waals surface area contributed by atoms with E-state index < -0.39 is 0 Å². The average molecular weight is 329 g/mol. The lowest BCUT2D eigenvalue weighted by atomic mass is 10.2. The number of pyridine rings is 1. The topological polar surface area (TPSA) is 36.4 Å². The maximum atomic E-state index is 12.7. The maximum absolute atomic E-state index is 12.7. The third-order valence-electron chi connectivity index (χ3n) is 4.36. The normalized spacial score (nSPS) is 15.6. The predicted molar refractivity (Wildman–Crippen MR) is 95.4 cm³/mol. The highest BCUT2D eigenvalue weighted by Gasteiger charge is 2.21. The smallest absolute Gasteiger partial charge is 0.254 e. The Hall–Kier alpha value is -1.88. The van der Waals surface area contributed by atoms with E-state index in [9.17, 15) is 4.79 Å². The zero-order valence-corrected chi connectivity index (χ0v) is 14.6. The number of thiophene rings is 1. The van der Waals surface area contributed by atoms with Gasteiger partial charge < -0.3 is 9.80 Å². The second-order valence-corrected chi connectivity index (χ2v) is 6.95. The summed E-state index contributed by atoms with van der Waals surface area (Å²) in [6, 6.07) is 4.11. The van der Waals surface area contributed by atoms with Crippen LogP contribution in [0.5, 0.6) is 0 Å². The van der Waals surface area contributed by atoms with Gasteiger partial charge in [0.1, 0.15) is 0 Å². The molecule has 3 heterocycles. The molecule has 0 saturated carbocycles. The zero-order chi connectivity index (χ0) is 16.2. The predicted octanol–water partition coefficient (Wildman–Crippen LogP) is 3.37. The van der Waals surface area contributed by atoms with E-state index in [1.807, 2.05) is 28.7 Å². The van der Waals surface area contributed by atoms with E-state index in [4.69, 9.17) is 0 Å². The summed E-state index contributed by atoms with van der Waals surface area (Å²) in [7, 11) is 0. The first-order chi connectivity index (χ1) is 11.2. The monoisotopic (exact) mass is 329 g/mol. The number of aryl methyl sites for hydroxylation is 2. The summed E-state index contributed by atoms with van der Waals surface area (Å²) in [5.41, 5.74) is 3.27. The number of hydrogen-bond acceptors (Lipinski definition) is 4. The molecule has 0 atom stereocenters. The molecule has 2 aromatic rings. The molecule has 0 bridgehead atoms. The van der Waals surface area contributed by atoms with Gasteiger partial charge in [0.25, 0.3) is 5.91 Å². The van der Waals surface area contributed by atoms with E-state index in [0.717, 1.165) is 44.6 Å². The minimum atomic E-state index is 0.175. The standard InChI is InChI=1S/C18H23N3OS/c1-3-16-11-15(13-23-16)18(22)21-8-4-7-20(9-10-21)17-5-6-19-12-14(17)2/h5-6,11-13H,3-4,7-10H2,1-2H3. The molecule has 0 unspecified atom stereocenters. The number of carbonyl (C=O) groups is 1. The molecule has 0 radical (unpaired) electrons.